The molecule has 0 atom stereocenters. The molecule has 0 aliphatic carbocycles. The van der Waals surface area contributed by atoms with Gasteiger partial charge in [-0.3, -0.25) is 35.3 Å². The summed E-state index contributed by atoms with van der Waals surface area (Å²) < 4.78 is 0. The van der Waals surface area contributed by atoms with E-state index in [0.29, 0.717) is 12.1 Å². The third-order valence-corrected chi connectivity index (χ3v) is 4.61. The number of pyridine rings is 1. The van der Waals surface area contributed by atoms with Gasteiger partial charge in [0.15, 0.2) is 0 Å². The Hall–Kier alpha value is -5.19. The fourth-order valence-electron chi connectivity index (χ4n) is 2.99. The Balaban J connectivity index is 0.000000192. The average Bonchev–Trinajstić information content (AvgIpc) is 2.85. The van der Waals surface area contributed by atoms with E-state index in [1.165, 1.54) is 11.1 Å². The number of phenols is 1. The van der Waals surface area contributed by atoms with Crippen LogP contribution < -0.4 is 0 Å². The van der Waals surface area contributed by atoms with Crippen LogP contribution in [0.4, 0.5) is 17.1 Å². The summed E-state index contributed by atoms with van der Waals surface area (Å²) in [6.07, 6.45) is 3.81. The van der Waals surface area contributed by atoms with Crippen LogP contribution in [0, 0.1) is 30.3 Å². The number of non-ortho nitro benzene ring substituents is 1. The molecule has 0 radical (unpaired) electrons. The SMILES string of the molecule is O=[N+]([O-])c1cc([N+](=O)[O-])c(O)c([N+](=O)[O-])c1.c1ccc(-c2cncc(-c3ccccc3)c2)cc1. The highest BCUT2D eigenvalue weighted by molar-refractivity contribution is 5.71. The number of nitro benzene ring substituents is 3. The molecule has 0 saturated carbocycles. The van der Waals surface area contributed by atoms with Gasteiger partial charge in [0.2, 0.25) is 0 Å². The number of nitrogens with zero attached hydrogens (tertiary/aromatic N) is 4. The van der Waals surface area contributed by atoms with Crippen molar-refractivity contribution in [3.8, 4) is 28.0 Å². The maximum Gasteiger partial charge on any atom is 0.324 e. The van der Waals surface area contributed by atoms with Gasteiger partial charge < -0.3 is 5.11 Å². The molecule has 0 unspecified atom stereocenters. The van der Waals surface area contributed by atoms with Crippen molar-refractivity contribution < 1.29 is 19.9 Å². The molecule has 4 aromatic rings. The maximum atomic E-state index is 10.4. The smallest absolute Gasteiger partial charge is 0.324 e. The first kappa shape index (κ1) is 23.5. The van der Waals surface area contributed by atoms with E-state index in [2.05, 4.69) is 35.3 Å². The number of aromatic nitrogens is 1. The second kappa shape index (κ2) is 10.4. The van der Waals surface area contributed by atoms with E-state index in [1.807, 2.05) is 48.8 Å². The van der Waals surface area contributed by atoms with Gasteiger partial charge in [-0.25, -0.2) is 0 Å². The Bertz CT molecular complexity index is 1260. The van der Waals surface area contributed by atoms with Crippen LogP contribution in [0.3, 0.4) is 0 Å². The Morgan fingerprint density at radius 2 is 1.00 bits per heavy atom. The summed E-state index contributed by atoms with van der Waals surface area (Å²) in [4.78, 5) is 32.1. The quantitative estimate of drug-likeness (QED) is 0.300. The minimum atomic E-state index is -1.21. The molecule has 0 fully saturated rings. The first-order valence-corrected chi connectivity index (χ1v) is 9.64. The van der Waals surface area contributed by atoms with E-state index >= 15 is 0 Å². The van der Waals surface area contributed by atoms with Crippen molar-refractivity contribution in [1.82, 2.24) is 4.98 Å². The molecule has 3 aromatic carbocycles. The van der Waals surface area contributed by atoms with Crippen LogP contribution in [0.25, 0.3) is 22.3 Å². The van der Waals surface area contributed by atoms with Gasteiger partial charge in [0.05, 0.1) is 26.9 Å². The van der Waals surface area contributed by atoms with E-state index in [1.54, 1.807) is 0 Å². The van der Waals surface area contributed by atoms with Crippen molar-refractivity contribution in [2.24, 2.45) is 0 Å². The molecule has 0 spiro atoms. The number of phenolic OH excluding ortho intramolecular Hbond substituents is 1. The van der Waals surface area contributed by atoms with Crippen LogP contribution in [-0.2, 0) is 0 Å². The number of hydrogen-bond acceptors (Lipinski definition) is 8. The maximum absolute atomic E-state index is 10.4. The van der Waals surface area contributed by atoms with Crippen LogP contribution >= 0.6 is 0 Å². The standard InChI is InChI=1S/C17H13N.C6H3N3O7/c1-3-7-14(8-4-1)16-11-17(13-18-12-16)15-9-5-2-6-10-15;10-6-4(8(13)14)1-3(7(11)12)2-5(6)9(15)16/h1-13H;1-2,10H. The van der Waals surface area contributed by atoms with E-state index in [9.17, 15) is 30.3 Å². The van der Waals surface area contributed by atoms with Gasteiger partial charge in [0.25, 0.3) is 11.4 Å². The third kappa shape index (κ3) is 5.53. The lowest BCUT2D eigenvalue weighted by Crippen LogP contribution is -1.97. The van der Waals surface area contributed by atoms with Crippen molar-refractivity contribution >= 4 is 17.1 Å². The van der Waals surface area contributed by atoms with Gasteiger partial charge in [0, 0.05) is 23.5 Å². The summed E-state index contributed by atoms with van der Waals surface area (Å²) in [5.41, 5.74) is 1.69. The molecule has 0 amide bonds. The van der Waals surface area contributed by atoms with E-state index in [-0.39, 0.29) is 0 Å². The predicted octanol–water partition coefficient (Wildman–Crippen LogP) is 5.53. The van der Waals surface area contributed by atoms with Gasteiger partial charge in [-0.2, -0.15) is 0 Å². The minimum absolute atomic E-state index is 0.447. The number of benzene rings is 3. The number of nitro groups is 3. The first-order valence-electron chi connectivity index (χ1n) is 9.64. The number of hydrogen-bond donors (Lipinski definition) is 1. The highest BCUT2D eigenvalue weighted by Crippen LogP contribution is 2.39. The van der Waals surface area contributed by atoms with E-state index in [4.69, 9.17) is 5.11 Å². The Kier molecular flexibility index (Phi) is 7.19. The van der Waals surface area contributed by atoms with Gasteiger partial charge in [-0.15, -0.1) is 0 Å². The van der Waals surface area contributed by atoms with Crippen molar-refractivity contribution in [1.29, 1.82) is 0 Å². The molecule has 1 aromatic heterocycles. The Labute approximate surface area is 192 Å². The molecule has 0 bridgehead atoms. The summed E-state index contributed by atoms with van der Waals surface area (Å²) in [5.74, 6) is -1.21. The highest BCUT2D eigenvalue weighted by Gasteiger charge is 2.30. The zero-order chi connectivity index (χ0) is 24.7. The molecule has 0 aliphatic heterocycles. The minimum Gasteiger partial charge on any atom is -0.497 e. The molecule has 11 heteroatoms. The van der Waals surface area contributed by atoms with Crippen molar-refractivity contribution in [3.63, 3.8) is 0 Å². The summed E-state index contributed by atoms with van der Waals surface area (Å²) in [7, 11) is 0. The van der Waals surface area contributed by atoms with Crippen LogP contribution in [-0.4, -0.2) is 24.9 Å². The van der Waals surface area contributed by atoms with Crippen LogP contribution in [0.1, 0.15) is 0 Å². The molecule has 0 aliphatic rings. The molecule has 34 heavy (non-hydrogen) atoms. The molecule has 11 nitrogen and oxygen atoms in total. The molecule has 170 valence electrons. The summed E-state index contributed by atoms with van der Waals surface area (Å²) in [5, 5.41) is 40.2. The Morgan fingerprint density at radius 3 is 1.35 bits per heavy atom. The molecule has 0 saturated heterocycles. The summed E-state index contributed by atoms with van der Waals surface area (Å²) >= 11 is 0. The second-order valence-electron chi connectivity index (χ2n) is 6.80. The normalized spacial score (nSPS) is 10.0. The molecule has 4 rings (SSSR count). The van der Waals surface area contributed by atoms with Crippen molar-refractivity contribution in [3.05, 3.63) is 122 Å². The molecular weight excluding hydrogens is 444 g/mol. The zero-order valence-electron chi connectivity index (χ0n) is 17.3. The zero-order valence-corrected chi connectivity index (χ0v) is 17.3. The molecular formula is C23H16N4O7. The lowest BCUT2D eigenvalue weighted by Gasteiger charge is -2.05. The van der Waals surface area contributed by atoms with Gasteiger partial charge in [-0.1, -0.05) is 60.7 Å². The Morgan fingerprint density at radius 1 is 0.588 bits per heavy atom. The monoisotopic (exact) mass is 460 g/mol. The largest absolute Gasteiger partial charge is 0.497 e. The topological polar surface area (TPSA) is 163 Å². The fraction of sp³-hybridized carbons (Fsp3) is 0. The average molecular weight is 460 g/mol. The van der Waals surface area contributed by atoms with E-state index < -0.39 is 37.6 Å². The predicted molar refractivity (Wildman–Crippen MR) is 123 cm³/mol. The van der Waals surface area contributed by atoms with Gasteiger partial charge >= 0.3 is 11.4 Å². The third-order valence-electron chi connectivity index (χ3n) is 4.61. The van der Waals surface area contributed by atoms with Crippen LogP contribution in [0.5, 0.6) is 5.75 Å². The van der Waals surface area contributed by atoms with E-state index in [0.717, 1.165) is 11.1 Å². The lowest BCUT2D eigenvalue weighted by molar-refractivity contribution is -0.404. The van der Waals surface area contributed by atoms with Crippen molar-refractivity contribution in [2.45, 2.75) is 0 Å². The van der Waals surface area contributed by atoms with Gasteiger partial charge in [-0.05, 0) is 17.2 Å². The number of rotatable bonds is 5. The second-order valence-corrected chi connectivity index (χ2v) is 6.80. The first-order chi connectivity index (χ1) is 16.3. The number of aromatic hydroxyl groups is 1. The highest BCUT2D eigenvalue weighted by atomic mass is 16.6. The molecule has 1 N–H and O–H groups in total. The molecule has 1 heterocycles. The fourth-order valence-corrected chi connectivity index (χ4v) is 2.99. The van der Waals surface area contributed by atoms with Crippen molar-refractivity contribution in [2.75, 3.05) is 0 Å². The van der Waals surface area contributed by atoms with Crippen LogP contribution in [0.15, 0.2) is 91.3 Å². The summed E-state index contributed by atoms with van der Waals surface area (Å²) in [6, 6.07) is 23.7. The van der Waals surface area contributed by atoms with Crippen LogP contribution in [0.2, 0.25) is 0 Å². The summed E-state index contributed by atoms with van der Waals surface area (Å²) in [6.45, 7) is 0. The van der Waals surface area contributed by atoms with Gasteiger partial charge in [0.1, 0.15) is 0 Å². The lowest BCUT2D eigenvalue weighted by atomic mass is 10.0.